The van der Waals surface area contributed by atoms with Crippen molar-refractivity contribution in [1.29, 1.82) is 0 Å². The van der Waals surface area contributed by atoms with E-state index in [0.29, 0.717) is 0 Å². The summed E-state index contributed by atoms with van der Waals surface area (Å²) in [6.45, 7) is 5.72. The SMILES string of the molecule is CCCC1(O)CN(c2nc(CC)cs2)C1. The number of thiazole rings is 1. The van der Waals surface area contributed by atoms with Crippen molar-refractivity contribution in [2.45, 2.75) is 38.7 Å². The molecule has 1 aliphatic heterocycles. The molecule has 1 fully saturated rings. The lowest BCUT2D eigenvalue weighted by Gasteiger charge is -2.46. The lowest BCUT2D eigenvalue weighted by atomic mass is 9.90. The van der Waals surface area contributed by atoms with E-state index in [9.17, 15) is 5.11 Å². The van der Waals surface area contributed by atoms with Gasteiger partial charge in [-0.3, -0.25) is 0 Å². The third-order valence-electron chi connectivity index (χ3n) is 2.86. The molecule has 84 valence electrons. The van der Waals surface area contributed by atoms with E-state index in [-0.39, 0.29) is 0 Å². The van der Waals surface area contributed by atoms with Gasteiger partial charge in [0.05, 0.1) is 24.4 Å². The monoisotopic (exact) mass is 226 g/mol. The first-order chi connectivity index (χ1) is 7.17. The summed E-state index contributed by atoms with van der Waals surface area (Å²) in [5, 5.41) is 13.2. The summed E-state index contributed by atoms with van der Waals surface area (Å²) >= 11 is 1.68. The molecule has 1 aromatic rings. The van der Waals surface area contributed by atoms with Crippen molar-refractivity contribution in [3.05, 3.63) is 11.1 Å². The Labute approximate surface area is 94.8 Å². The Kier molecular flexibility index (Phi) is 2.98. The molecule has 1 aromatic heterocycles. The fourth-order valence-corrected chi connectivity index (χ4v) is 2.94. The zero-order valence-electron chi connectivity index (χ0n) is 9.36. The van der Waals surface area contributed by atoms with E-state index in [1.165, 1.54) is 0 Å². The van der Waals surface area contributed by atoms with Gasteiger partial charge < -0.3 is 10.0 Å². The Morgan fingerprint density at radius 1 is 1.53 bits per heavy atom. The molecule has 0 unspecified atom stereocenters. The lowest BCUT2D eigenvalue weighted by Crippen LogP contribution is -2.61. The van der Waals surface area contributed by atoms with E-state index in [2.05, 4.69) is 29.1 Å². The minimum absolute atomic E-state index is 0.452. The van der Waals surface area contributed by atoms with E-state index in [1.807, 2.05) is 0 Å². The molecule has 1 aliphatic rings. The van der Waals surface area contributed by atoms with Crippen LogP contribution < -0.4 is 4.90 Å². The Bertz CT molecular complexity index is 331. The molecule has 0 aromatic carbocycles. The summed E-state index contributed by atoms with van der Waals surface area (Å²) in [6.07, 6.45) is 2.93. The van der Waals surface area contributed by atoms with Crippen LogP contribution in [-0.2, 0) is 6.42 Å². The minimum atomic E-state index is -0.452. The number of aryl methyl sites for hydroxylation is 1. The molecule has 0 radical (unpaired) electrons. The average molecular weight is 226 g/mol. The van der Waals surface area contributed by atoms with Crippen LogP contribution in [0.4, 0.5) is 5.13 Å². The van der Waals surface area contributed by atoms with E-state index in [0.717, 1.165) is 43.2 Å². The molecule has 1 N–H and O–H groups in total. The first kappa shape index (κ1) is 10.9. The van der Waals surface area contributed by atoms with Gasteiger partial charge in [0.25, 0.3) is 0 Å². The summed E-state index contributed by atoms with van der Waals surface area (Å²) in [4.78, 5) is 6.68. The molecule has 0 bridgehead atoms. The molecule has 2 rings (SSSR count). The number of anilines is 1. The molecule has 0 spiro atoms. The number of nitrogens with zero attached hydrogens (tertiary/aromatic N) is 2. The molecule has 0 amide bonds. The van der Waals surface area contributed by atoms with Gasteiger partial charge in [-0.15, -0.1) is 11.3 Å². The van der Waals surface area contributed by atoms with Crippen LogP contribution in [-0.4, -0.2) is 28.8 Å². The van der Waals surface area contributed by atoms with Crippen molar-refractivity contribution < 1.29 is 5.11 Å². The van der Waals surface area contributed by atoms with Gasteiger partial charge in [0, 0.05) is 5.38 Å². The van der Waals surface area contributed by atoms with Gasteiger partial charge in [-0.1, -0.05) is 20.3 Å². The highest BCUT2D eigenvalue weighted by molar-refractivity contribution is 7.13. The molecule has 0 aliphatic carbocycles. The Morgan fingerprint density at radius 2 is 2.27 bits per heavy atom. The fourth-order valence-electron chi connectivity index (χ4n) is 2.03. The van der Waals surface area contributed by atoms with Crippen molar-refractivity contribution in [3.63, 3.8) is 0 Å². The molecule has 0 atom stereocenters. The molecule has 15 heavy (non-hydrogen) atoms. The van der Waals surface area contributed by atoms with Crippen LogP contribution in [0.3, 0.4) is 0 Å². The molecule has 2 heterocycles. The fraction of sp³-hybridized carbons (Fsp3) is 0.727. The second-order valence-electron chi connectivity index (χ2n) is 4.31. The maximum atomic E-state index is 10.0. The predicted molar refractivity (Wildman–Crippen MR) is 63.6 cm³/mol. The molecular weight excluding hydrogens is 208 g/mol. The lowest BCUT2D eigenvalue weighted by molar-refractivity contribution is 0.00337. The summed E-state index contributed by atoms with van der Waals surface area (Å²) in [5.74, 6) is 0. The van der Waals surface area contributed by atoms with E-state index >= 15 is 0 Å². The summed E-state index contributed by atoms with van der Waals surface area (Å²) < 4.78 is 0. The van der Waals surface area contributed by atoms with Crippen molar-refractivity contribution in [2.75, 3.05) is 18.0 Å². The average Bonchev–Trinajstić information content (AvgIpc) is 2.62. The van der Waals surface area contributed by atoms with Gasteiger partial charge in [0.2, 0.25) is 0 Å². The van der Waals surface area contributed by atoms with Crippen LogP contribution in [0.5, 0.6) is 0 Å². The number of β-amino-alcohol motifs (C(OH)–C–C–N with tert-alkyl or cyclic N) is 1. The highest BCUT2D eigenvalue weighted by Gasteiger charge is 2.41. The number of rotatable bonds is 4. The standard InChI is InChI=1S/C11H18N2OS/c1-3-5-11(14)7-13(8-11)10-12-9(4-2)6-15-10/h6,14H,3-5,7-8H2,1-2H3. The van der Waals surface area contributed by atoms with Gasteiger partial charge in [0.1, 0.15) is 0 Å². The van der Waals surface area contributed by atoms with Gasteiger partial charge in [0.15, 0.2) is 5.13 Å². The van der Waals surface area contributed by atoms with Crippen LogP contribution in [0.15, 0.2) is 5.38 Å². The molecule has 4 heteroatoms. The van der Waals surface area contributed by atoms with Crippen molar-refractivity contribution in [1.82, 2.24) is 4.98 Å². The third-order valence-corrected chi connectivity index (χ3v) is 3.81. The second kappa shape index (κ2) is 4.10. The first-order valence-corrected chi connectivity index (χ1v) is 6.46. The maximum Gasteiger partial charge on any atom is 0.185 e. The van der Waals surface area contributed by atoms with Crippen molar-refractivity contribution in [3.8, 4) is 0 Å². The summed E-state index contributed by atoms with van der Waals surface area (Å²) in [5.41, 5.74) is 0.702. The van der Waals surface area contributed by atoms with E-state index in [4.69, 9.17) is 0 Å². The normalized spacial score (nSPS) is 19.0. The largest absolute Gasteiger partial charge is 0.386 e. The second-order valence-corrected chi connectivity index (χ2v) is 5.14. The minimum Gasteiger partial charge on any atom is -0.386 e. The predicted octanol–water partition coefficient (Wildman–Crippen LogP) is 2.06. The zero-order chi connectivity index (χ0) is 10.9. The highest BCUT2D eigenvalue weighted by atomic mass is 32.1. The van der Waals surface area contributed by atoms with Crippen LogP contribution in [0.2, 0.25) is 0 Å². The number of hydrogen-bond acceptors (Lipinski definition) is 4. The topological polar surface area (TPSA) is 36.4 Å². The zero-order valence-corrected chi connectivity index (χ0v) is 10.2. The van der Waals surface area contributed by atoms with E-state index < -0.39 is 5.60 Å². The van der Waals surface area contributed by atoms with Crippen LogP contribution >= 0.6 is 11.3 Å². The van der Waals surface area contributed by atoms with Gasteiger partial charge in [-0.2, -0.15) is 0 Å². The van der Waals surface area contributed by atoms with Crippen molar-refractivity contribution >= 4 is 16.5 Å². The Balaban J connectivity index is 1.93. The molecule has 3 nitrogen and oxygen atoms in total. The maximum absolute atomic E-state index is 10.0. The van der Waals surface area contributed by atoms with Crippen LogP contribution in [0.25, 0.3) is 0 Å². The first-order valence-electron chi connectivity index (χ1n) is 5.58. The Hall–Kier alpha value is -0.610. The number of hydrogen-bond donors (Lipinski definition) is 1. The van der Waals surface area contributed by atoms with Crippen LogP contribution in [0, 0.1) is 0 Å². The number of aromatic nitrogens is 1. The number of aliphatic hydroxyl groups is 1. The molecule has 1 saturated heterocycles. The van der Waals surface area contributed by atoms with Crippen molar-refractivity contribution in [2.24, 2.45) is 0 Å². The molecular formula is C11H18N2OS. The van der Waals surface area contributed by atoms with E-state index in [1.54, 1.807) is 11.3 Å². The summed E-state index contributed by atoms with van der Waals surface area (Å²) in [6, 6.07) is 0. The Morgan fingerprint density at radius 3 is 2.80 bits per heavy atom. The van der Waals surface area contributed by atoms with Crippen LogP contribution in [0.1, 0.15) is 32.4 Å². The van der Waals surface area contributed by atoms with Gasteiger partial charge in [-0.25, -0.2) is 4.98 Å². The van der Waals surface area contributed by atoms with Gasteiger partial charge >= 0.3 is 0 Å². The van der Waals surface area contributed by atoms with Gasteiger partial charge in [-0.05, 0) is 12.8 Å². The third kappa shape index (κ3) is 2.16. The highest BCUT2D eigenvalue weighted by Crippen LogP contribution is 2.32. The smallest absolute Gasteiger partial charge is 0.185 e. The molecule has 0 saturated carbocycles. The summed E-state index contributed by atoms with van der Waals surface area (Å²) in [7, 11) is 0. The quantitative estimate of drug-likeness (QED) is 0.853.